The maximum absolute atomic E-state index is 6.00. The zero-order valence-corrected chi connectivity index (χ0v) is 13.7. The molecular formula is C13H20BrClN2O2. The van der Waals surface area contributed by atoms with Crippen molar-refractivity contribution in [1.29, 1.82) is 0 Å². The summed E-state index contributed by atoms with van der Waals surface area (Å²) in [5.41, 5.74) is 1.02. The van der Waals surface area contributed by atoms with Gasteiger partial charge in [-0.05, 0) is 28.4 Å². The summed E-state index contributed by atoms with van der Waals surface area (Å²) < 4.78 is 11.2. The molecule has 0 fully saturated rings. The molecule has 0 N–H and O–H groups in total. The highest BCUT2D eigenvalue weighted by atomic mass is 79.9. The van der Waals surface area contributed by atoms with E-state index in [9.17, 15) is 0 Å². The highest BCUT2D eigenvalue weighted by molar-refractivity contribution is 9.10. The smallest absolute Gasteiger partial charge is 0.133 e. The number of hydrogen-bond donors (Lipinski definition) is 0. The zero-order valence-electron chi connectivity index (χ0n) is 11.4. The zero-order chi connectivity index (χ0) is 14.1. The second-order valence-electron chi connectivity index (χ2n) is 4.10. The van der Waals surface area contributed by atoms with E-state index in [0.717, 1.165) is 42.0 Å². The normalized spacial score (nSPS) is 10.7. The van der Waals surface area contributed by atoms with Gasteiger partial charge in [-0.2, -0.15) is 0 Å². The minimum atomic E-state index is 0.440. The molecule has 0 amide bonds. The monoisotopic (exact) mass is 350 g/mol. The lowest BCUT2D eigenvalue weighted by Crippen LogP contribution is -2.30. The highest BCUT2D eigenvalue weighted by Crippen LogP contribution is 2.23. The van der Waals surface area contributed by atoms with Gasteiger partial charge in [0, 0.05) is 50.1 Å². The minimum Gasteiger partial charge on any atom is -0.385 e. The van der Waals surface area contributed by atoms with Gasteiger partial charge in [0.05, 0.1) is 12.5 Å². The predicted molar refractivity (Wildman–Crippen MR) is 82.1 cm³/mol. The molecule has 0 aromatic carbocycles. The van der Waals surface area contributed by atoms with E-state index in [1.54, 1.807) is 20.4 Å². The summed E-state index contributed by atoms with van der Waals surface area (Å²) >= 11 is 9.42. The molecule has 0 saturated heterocycles. The number of rotatable bonds is 9. The Morgan fingerprint density at radius 1 is 1.26 bits per heavy atom. The summed E-state index contributed by atoms with van der Waals surface area (Å²) in [7, 11) is 3.41. The molecule has 0 aliphatic rings. The largest absolute Gasteiger partial charge is 0.385 e. The van der Waals surface area contributed by atoms with Crippen LogP contribution in [-0.2, 0) is 15.4 Å². The number of alkyl halides is 1. The maximum Gasteiger partial charge on any atom is 0.133 e. The van der Waals surface area contributed by atoms with Crippen molar-refractivity contribution in [2.75, 3.05) is 45.4 Å². The molecule has 0 aliphatic carbocycles. The molecule has 0 spiro atoms. The van der Waals surface area contributed by atoms with Crippen molar-refractivity contribution in [2.45, 2.75) is 12.3 Å². The first-order valence-electron chi connectivity index (χ1n) is 6.16. The lowest BCUT2D eigenvalue weighted by molar-refractivity contribution is 0.191. The number of halogens is 2. The molecule has 1 rings (SSSR count). The Hall–Kier alpha value is -0.360. The summed E-state index contributed by atoms with van der Waals surface area (Å²) in [6, 6.07) is 2.01. The first-order valence-corrected chi connectivity index (χ1v) is 7.49. The molecule has 1 heterocycles. The maximum atomic E-state index is 6.00. The SMILES string of the molecule is COCCCN(CCOC)c1ncc(Br)cc1CCl. The first-order chi connectivity index (χ1) is 9.22. The Kier molecular flexibility index (Phi) is 8.37. The van der Waals surface area contributed by atoms with E-state index in [-0.39, 0.29) is 0 Å². The van der Waals surface area contributed by atoms with Crippen LogP contribution in [0.15, 0.2) is 16.7 Å². The summed E-state index contributed by atoms with van der Waals surface area (Å²) in [6.07, 6.45) is 2.74. The second-order valence-corrected chi connectivity index (χ2v) is 5.28. The van der Waals surface area contributed by atoms with Crippen LogP contribution in [-0.4, -0.2) is 45.5 Å². The van der Waals surface area contributed by atoms with Gasteiger partial charge in [0.2, 0.25) is 0 Å². The van der Waals surface area contributed by atoms with Crippen LogP contribution < -0.4 is 4.90 Å². The Balaban J connectivity index is 2.82. The van der Waals surface area contributed by atoms with Crippen LogP contribution in [0.1, 0.15) is 12.0 Å². The Bertz CT molecular complexity index is 380. The van der Waals surface area contributed by atoms with Crippen LogP contribution in [0.25, 0.3) is 0 Å². The van der Waals surface area contributed by atoms with Crippen LogP contribution in [0, 0.1) is 0 Å². The number of methoxy groups -OCH3 is 2. The summed E-state index contributed by atoms with van der Waals surface area (Å²) in [5, 5.41) is 0. The Morgan fingerprint density at radius 2 is 2.00 bits per heavy atom. The molecule has 0 radical (unpaired) electrons. The molecule has 108 valence electrons. The van der Waals surface area contributed by atoms with Gasteiger partial charge in [0.25, 0.3) is 0 Å². The van der Waals surface area contributed by atoms with Gasteiger partial charge in [-0.1, -0.05) is 0 Å². The topological polar surface area (TPSA) is 34.6 Å². The number of aromatic nitrogens is 1. The number of nitrogens with zero attached hydrogens (tertiary/aromatic N) is 2. The van der Waals surface area contributed by atoms with Crippen molar-refractivity contribution in [3.05, 3.63) is 22.3 Å². The molecule has 0 atom stereocenters. The molecule has 0 saturated carbocycles. The molecule has 1 aromatic rings. The minimum absolute atomic E-state index is 0.440. The fraction of sp³-hybridized carbons (Fsp3) is 0.615. The van der Waals surface area contributed by atoms with E-state index in [1.165, 1.54) is 0 Å². The van der Waals surface area contributed by atoms with Crippen molar-refractivity contribution in [3.8, 4) is 0 Å². The van der Waals surface area contributed by atoms with Crippen LogP contribution in [0.3, 0.4) is 0 Å². The third-order valence-electron chi connectivity index (χ3n) is 2.69. The van der Waals surface area contributed by atoms with Crippen molar-refractivity contribution in [1.82, 2.24) is 4.98 Å². The summed E-state index contributed by atoms with van der Waals surface area (Å²) in [4.78, 5) is 6.67. The van der Waals surface area contributed by atoms with E-state index in [1.807, 2.05) is 6.07 Å². The average Bonchev–Trinajstić information content (AvgIpc) is 2.43. The molecule has 0 unspecified atom stereocenters. The third kappa shape index (κ3) is 5.65. The third-order valence-corrected chi connectivity index (χ3v) is 3.42. The molecular weight excluding hydrogens is 332 g/mol. The van der Waals surface area contributed by atoms with Gasteiger partial charge >= 0.3 is 0 Å². The predicted octanol–water partition coefficient (Wildman–Crippen LogP) is 3.07. The highest BCUT2D eigenvalue weighted by Gasteiger charge is 2.12. The lowest BCUT2D eigenvalue weighted by Gasteiger charge is -2.25. The van der Waals surface area contributed by atoms with Gasteiger partial charge in [0.1, 0.15) is 5.82 Å². The molecule has 1 aromatic heterocycles. The Labute approximate surface area is 128 Å². The number of ether oxygens (including phenoxy) is 2. The first kappa shape index (κ1) is 16.7. The lowest BCUT2D eigenvalue weighted by atomic mass is 10.2. The Morgan fingerprint density at radius 3 is 2.63 bits per heavy atom. The average molecular weight is 352 g/mol. The summed E-state index contributed by atoms with van der Waals surface area (Å²) in [6.45, 7) is 3.05. The fourth-order valence-electron chi connectivity index (χ4n) is 1.78. The van der Waals surface area contributed by atoms with Crippen molar-refractivity contribution >= 4 is 33.3 Å². The van der Waals surface area contributed by atoms with Crippen LogP contribution in [0.2, 0.25) is 0 Å². The second kappa shape index (κ2) is 9.53. The van der Waals surface area contributed by atoms with Gasteiger partial charge in [-0.25, -0.2) is 4.98 Å². The quantitative estimate of drug-likeness (QED) is 0.506. The molecule has 6 heteroatoms. The van der Waals surface area contributed by atoms with E-state index in [2.05, 4.69) is 25.8 Å². The molecule has 4 nitrogen and oxygen atoms in total. The van der Waals surface area contributed by atoms with E-state index >= 15 is 0 Å². The summed E-state index contributed by atoms with van der Waals surface area (Å²) in [5.74, 6) is 1.36. The van der Waals surface area contributed by atoms with Crippen LogP contribution >= 0.6 is 27.5 Å². The molecule has 0 bridgehead atoms. The van der Waals surface area contributed by atoms with Crippen molar-refractivity contribution < 1.29 is 9.47 Å². The van der Waals surface area contributed by atoms with E-state index in [0.29, 0.717) is 12.5 Å². The number of pyridine rings is 1. The van der Waals surface area contributed by atoms with E-state index in [4.69, 9.17) is 21.1 Å². The van der Waals surface area contributed by atoms with Gasteiger partial charge in [0.15, 0.2) is 0 Å². The van der Waals surface area contributed by atoms with E-state index < -0.39 is 0 Å². The fourth-order valence-corrected chi connectivity index (χ4v) is 2.36. The molecule has 0 aliphatic heterocycles. The standard InChI is InChI=1S/C13H20BrClN2O2/c1-18-6-3-4-17(5-7-19-2)13-11(9-15)8-12(14)10-16-13/h8,10H,3-7,9H2,1-2H3. The number of hydrogen-bond acceptors (Lipinski definition) is 4. The van der Waals surface area contributed by atoms with Gasteiger partial charge in [-0.15, -0.1) is 11.6 Å². The van der Waals surface area contributed by atoms with Gasteiger partial charge < -0.3 is 14.4 Å². The van der Waals surface area contributed by atoms with Crippen LogP contribution in [0.4, 0.5) is 5.82 Å². The van der Waals surface area contributed by atoms with Crippen LogP contribution in [0.5, 0.6) is 0 Å². The van der Waals surface area contributed by atoms with Gasteiger partial charge in [-0.3, -0.25) is 0 Å². The van der Waals surface area contributed by atoms with Crippen molar-refractivity contribution in [2.24, 2.45) is 0 Å². The molecule has 19 heavy (non-hydrogen) atoms. The number of anilines is 1. The van der Waals surface area contributed by atoms with Crippen molar-refractivity contribution in [3.63, 3.8) is 0 Å².